The van der Waals surface area contributed by atoms with E-state index >= 15 is 0 Å². The van der Waals surface area contributed by atoms with Crippen LogP contribution in [0.25, 0.3) is 0 Å². The highest BCUT2D eigenvalue weighted by molar-refractivity contribution is 5.94. The van der Waals surface area contributed by atoms with Gasteiger partial charge in [0.2, 0.25) is 0 Å². The van der Waals surface area contributed by atoms with Crippen molar-refractivity contribution in [2.45, 2.75) is 20.4 Å². The van der Waals surface area contributed by atoms with Gasteiger partial charge >= 0.3 is 0 Å². The van der Waals surface area contributed by atoms with E-state index in [2.05, 4.69) is 37.4 Å². The number of anilines is 1. The first-order valence-electron chi connectivity index (χ1n) is 7.09. The average Bonchev–Trinajstić information content (AvgIpc) is 2.46. The Morgan fingerprint density at radius 1 is 1.05 bits per heavy atom. The standard InChI is InChI=1S/C18H22N2O/c1-13-7-5-8-14(2)17(13)12-19-16-10-6-9-15(11-16)18(21)20(3)4/h5-11,19H,12H2,1-4H3. The second kappa shape index (κ2) is 6.44. The summed E-state index contributed by atoms with van der Waals surface area (Å²) in [6.45, 7) is 5.00. The normalized spacial score (nSPS) is 10.3. The number of hydrogen-bond acceptors (Lipinski definition) is 2. The van der Waals surface area contributed by atoms with Gasteiger partial charge in [-0.3, -0.25) is 4.79 Å². The summed E-state index contributed by atoms with van der Waals surface area (Å²) >= 11 is 0. The number of hydrogen-bond donors (Lipinski definition) is 1. The minimum Gasteiger partial charge on any atom is -0.381 e. The Kier molecular flexibility index (Phi) is 4.63. The summed E-state index contributed by atoms with van der Waals surface area (Å²) in [4.78, 5) is 13.6. The van der Waals surface area contributed by atoms with Crippen molar-refractivity contribution in [1.82, 2.24) is 4.90 Å². The Hall–Kier alpha value is -2.29. The topological polar surface area (TPSA) is 32.3 Å². The van der Waals surface area contributed by atoms with Crippen molar-refractivity contribution in [1.29, 1.82) is 0 Å². The van der Waals surface area contributed by atoms with Crippen molar-refractivity contribution < 1.29 is 4.79 Å². The maximum Gasteiger partial charge on any atom is 0.253 e. The van der Waals surface area contributed by atoms with Gasteiger partial charge in [0, 0.05) is 31.9 Å². The lowest BCUT2D eigenvalue weighted by Gasteiger charge is -2.14. The lowest BCUT2D eigenvalue weighted by atomic mass is 10.0. The molecule has 0 unspecified atom stereocenters. The molecule has 2 rings (SSSR count). The minimum absolute atomic E-state index is 0.0192. The van der Waals surface area contributed by atoms with E-state index in [1.165, 1.54) is 16.7 Å². The molecule has 2 aromatic rings. The van der Waals surface area contributed by atoms with Gasteiger partial charge in [-0.1, -0.05) is 24.3 Å². The van der Waals surface area contributed by atoms with Crippen LogP contribution in [0.2, 0.25) is 0 Å². The van der Waals surface area contributed by atoms with E-state index in [4.69, 9.17) is 0 Å². The van der Waals surface area contributed by atoms with E-state index in [9.17, 15) is 4.79 Å². The summed E-state index contributed by atoms with van der Waals surface area (Å²) in [6, 6.07) is 13.9. The molecule has 3 heteroatoms. The highest BCUT2D eigenvalue weighted by Crippen LogP contribution is 2.17. The number of carbonyl (C=O) groups excluding carboxylic acids is 1. The van der Waals surface area contributed by atoms with E-state index in [0.29, 0.717) is 5.56 Å². The first kappa shape index (κ1) is 15.1. The van der Waals surface area contributed by atoms with Crippen LogP contribution in [0.5, 0.6) is 0 Å². The summed E-state index contributed by atoms with van der Waals surface area (Å²) < 4.78 is 0. The zero-order valence-electron chi connectivity index (χ0n) is 13.1. The van der Waals surface area contributed by atoms with Gasteiger partial charge in [0.25, 0.3) is 5.91 Å². The van der Waals surface area contributed by atoms with Crippen molar-refractivity contribution >= 4 is 11.6 Å². The van der Waals surface area contributed by atoms with Gasteiger partial charge in [0.1, 0.15) is 0 Å². The van der Waals surface area contributed by atoms with E-state index < -0.39 is 0 Å². The largest absolute Gasteiger partial charge is 0.381 e. The lowest BCUT2D eigenvalue weighted by Crippen LogP contribution is -2.21. The zero-order chi connectivity index (χ0) is 15.4. The van der Waals surface area contributed by atoms with Gasteiger partial charge in [0.15, 0.2) is 0 Å². The third-order valence-electron chi connectivity index (χ3n) is 3.63. The monoisotopic (exact) mass is 282 g/mol. The molecule has 3 nitrogen and oxygen atoms in total. The number of nitrogens with zero attached hydrogens (tertiary/aromatic N) is 1. The molecule has 0 aliphatic carbocycles. The molecule has 0 saturated carbocycles. The maximum atomic E-state index is 12.0. The van der Waals surface area contributed by atoms with Gasteiger partial charge in [0.05, 0.1) is 0 Å². The zero-order valence-corrected chi connectivity index (χ0v) is 13.1. The molecule has 0 spiro atoms. The van der Waals surface area contributed by atoms with Crippen molar-refractivity contribution in [3.8, 4) is 0 Å². The number of carbonyl (C=O) groups is 1. The fraction of sp³-hybridized carbons (Fsp3) is 0.278. The molecule has 0 aliphatic rings. The first-order valence-corrected chi connectivity index (χ1v) is 7.09. The Bertz CT molecular complexity index is 627. The number of rotatable bonds is 4. The molecule has 0 aromatic heterocycles. The van der Waals surface area contributed by atoms with Crippen LogP contribution in [-0.2, 0) is 6.54 Å². The third-order valence-corrected chi connectivity index (χ3v) is 3.63. The van der Waals surface area contributed by atoms with Crippen molar-refractivity contribution in [2.75, 3.05) is 19.4 Å². The number of amides is 1. The fourth-order valence-corrected chi connectivity index (χ4v) is 2.34. The highest BCUT2D eigenvalue weighted by atomic mass is 16.2. The van der Waals surface area contributed by atoms with E-state index in [1.807, 2.05) is 24.3 Å². The summed E-state index contributed by atoms with van der Waals surface area (Å²) in [5, 5.41) is 3.41. The van der Waals surface area contributed by atoms with Crippen molar-refractivity contribution in [2.24, 2.45) is 0 Å². The van der Waals surface area contributed by atoms with Crippen LogP contribution in [0, 0.1) is 13.8 Å². The van der Waals surface area contributed by atoms with Crippen LogP contribution < -0.4 is 5.32 Å². The molecule has 21 heavy (non-hydrogen) atoms. The lowest BCUT2D eigenvalue weighted by molar-refractivity contribution is 0.0827. The van der Waals surface area contributed by atoms with Gasteiger partial charge in [-0.15, -0.1) is 0 Å². The number of benzene rings is 2. The maximum absolute atomic E-state index is 12.0. The van der Waals surface area contributed by atoms with Crippen molar-refractivity contribution in [3.05, 3.63) is 64.7 Å². The third kappa shape index (κ3) is 3.63. The fourth-order valence-electron chi connectivity index (χ4n) is 2.34. The minimum atomic E-state index is 0.0192. The average molecular weight is 282 g/mol. The molecule has 0 saturated heterocycles. The van der Waals surface area contributed by atoms with Crippen LogP contribution in [-0.4, -0.2) is 24.9 Å². The Morgan fingerprint density at radius 3 is 2.29 bits per heavy atom. The second-order valence-electron chi connectivity index (χ2n) is 5.50. The summed E-state index contributed by atoms with van der Waals surface area (Å²) in [6.07, 6.45) is 0. The first-order chi connectivity index (χ1) is 9.99. The van der Waals surface area contributed by atoms with Crippen molar-refractivity contribution in [3.63, 3.8) is 0 Å². The van der Waals surface area contributed by atoms with E-state index in [0.717, 1.165) is 12.2 Å². The van der Waals surface area contributed by atoms with Gasteiger partial charge < -0.3 is 10.2 Å². The van der Waals surface area contributed by atoms with Gasteiger partial charge in [-0.05, 0) is 48.7 Å². The van der Waals surface area contributed by atoms with E-state index in [-0.39, 0.29) is 5.91 Å². The Morgan fingerprint density at radius 2 is 1.67 bits per heavy atom. The predicted octanol–water partition coefficient (Wildman–Crippen LogP) is 3.62. The molecule has 0 bridgehead atoms. The van der Waals surface area contributed by atoms with Gasteiger partial charge in [-0.25, -0.2) is 0 Å². The highest BCUT2D eigenvalue weighted by Gasteiger charge is 2.08. The summed E-state index contributed by atoms with van der Waals surface area (Å²) in [5.41, 5.74) is 5.53. The Labute approximate surface area is 126 Å². The molecule has 2 aromatic carbocycles. The molecule has 0 radical (unpaired) electrons. The van der Waals surface area contributed by atoms with Crippen LogP contribution in [0.15, 0.2) is 42.5 Å². The van der Waals surface area contributed by atoms with Crippen LogP contribution in [0.3, 0.4) is 0 Å². The van der Waals surface area contributed by atoms with Crippen LogP contribution in [0.1, 0.15) is 27.0 Å². The molecule has 0 fully saturated rings. The van der Waals surface area contributed by atoms with Crippen LogP contribution in [0.4, 0.5) is 5.69 Å². The molecular formula is C18H22N2O. The van der Waals surface area contributed by atoms with E-state index in [1.54, 1.807) is 19.0 Å². The number of nitrogens with one attached hydrogen (secondary N) is 1. The summed E-state index contributed by atoms with van der Waals surface area (Å²) in [5.74, 6) is 0.0192. The summed E-state index contributed by atoms with van der Waals surface area (Å²) in [7, 11) is 3.53. The molecule has 1 N–H and O–H groups in total. The van der Waals surface area contributed by atoms with Crippen LogP contribution >= 0.6 is 0 Å². The molecule has 110 valence electrons. The smallest absolute Gasteiger partial charge is 0.253 e. The SMILES string of the molecule is Cc1cccc(C)c1CNc1cccc(C(=O)N(C)C)c1. The second-order valence-corrected chi connectivity index (χ2v) is 5.50. The molecule has 0 aliphatic heterocycles. The quantitative estimate of drug-likeness (QED) is 0.929. The van der Waals surface area contributed by atoms with Gasteiger partial charge in [-0.2, -0.15) is 0 Å². The molecule has 1 amide bonds. The molecule has 0 atom stereocenters. The molecular weight excluding hydrogens is 260 g/mol. The Balaban J connectivity index is 2.14. The predicted molar refractivity (Wildman–Crippen MR) is 87.7 cm³/mol. The number of aryl methyl sites for hydroxylation is 2. The molecule has 0 heterocycles.